The summed E-state index contributed by atoms with van der Waals surface area (Å²) in [5.41, 5.74) is 3.94. The van der Waals surface area contributed by atoms with E-state index in [0.717, 1.165) is 18.6 Å². The molecule has 0 bridgehead atoms. The van der Waals surface area contributed by atoms with E-state index in [1.54, 1.807) is 14.0 Å². The van der Waals surface area contributed by atoms with Crippen molar-refractivity contribution in [2.24, 2.45) is 5.92 Å². The molecule has 1 N–H and O–H groups in total. The van der Waals surface area contributed by atoms with Crippen molar-refractivity contribution in [1.29, 1.82) is 0 Å². The van der Waals surface area contributed by atoms with Crippen LogP contribution in [0.3, 0.4) is 0 Å². The monoisotopic (exact) mass is 259 g/mol. The van der Waals surface area contributed by atoms with Gasteiger partial charge in [0.2, 0.25) is 5.91 Å². The van der Waals surface area contributed by atoms with E-state index >= 15 is 0 Å². The summed E-state index contributed by atoms with van der Waals surface area (Å²) in [4.78, 5) is 10.9. The van der Waals surface area contributed by atoms with Crippen molar-refractivity contribution >= 4 is 11.5 Å². The maximum Gasteiger partial charge on any atom is 0.216 e. The summed E-state index contributed by atoms with van der Waals surface area (Å²) in [7, 11) is 1.69. The van der Waals surface area contributed by atoms with Crippen LogP contribution < -0.4 is 10.1 Å². The van der Waals surface area contributed by atoms with Gasteiger partial charge in [0.1, 0.15) is 5.75 Å². The summed E-state index contributed by atoms with van der Waals surface area (Å²) in [5, 5.41) is 2.86. The first-order valence-corrected chi connectivity index (χ1v) is 6.72. The van der Waals surface area contributed by atoms with Gasteiger partial charge in [-0.15, -0.1) is 0 Å². The molecule has 0 saturated heterocycles. The predicted molar refractivity (Wildman–Crippen MR) is 77.1 cm³/mol. The van der Waals surface area contributed by atoms with Gasteiger partial charge < -0.3 is 10.1 Å². The zero-order valence-electron chi connectivity index (χ0n) is 11.8. The first kappa shape index (κ1) is 13.7. The topological polar surface area (TPSA) is 38.3 Å². The molecule has 1 atom stereocenters. The predicted octanol–water partition coefficient (Wildman–Crippen LogP) is 2.80. The molecule has 1 aliphatic rings. The lowest BCUT2D eigenvalue weighted by Gasteiger charge is -2.22. The molecule has 1 aromatic rings. The molecule has 2 rings (SSSR count). The van der Waals surface area contributed by atoms with E-state index in [1.165, 1.54) is 16.7 Å². The third-order valence-corrected chi connectivity index (χ3v) is 3.46. The van der Waals surface area contributed by atoms with Crippen molar-refractivity contribution in [1.82, 2.24) is 5.32 Å². The van der Waals surface area contributed by atoms with Crippen LogP contribution in [0.25, 0.3) is 5.57 Å². The molecule has 3 nitrogen and oxygen atoms in total. The van der Waals surface area contributed by atoms with E-state index in [2.05, 4.69) is 30.4 Å². The maximum absolute atomic E-state index is 10.9. The fourth-order valence-corrected chi connectivity index (χ4v) is 2.59. The quantitative estimate of drug-likeness (QED) is 0.903. The number of rotatable bonds is 4. The Kier molecular flexibility index (Phi) is 4.25. The summed E-state index contributed by atoms with van der Waals surface area (Å²) >= 11 is 0. The second-order valence-electron chi connectivity index (χ2n) is 5.13. The molecule has 0 aliphatic heterocycles. The first-order valence-electron chi connectivity index (χ1n) is 6.72. The van der Waals surface area contributed by atoms with Gasteiger partial charge in [-0.25, -0.2) is 0 Å². The molecule has 1 aromatic carbocycles. The van der Waals surface area contributed by atoms with Crippen LogP contribution in [0, 0.1) is 5.92 Å². The van der Waals surface area contributed by atoms with Crippen molar-refractivity contribution in [2.45, 2.75) is 26.7 Å². The van der Waals surface area contributed by atoms with Crippen LogP contribution in [0.4, 0.5) is 0 Å². The Labute approximate surface area is 114 Å². The zero-order chi connectivity index (χ0) is 13.8. The van der Waals surface area contributed by atoms with Gasteiger partial charge in [-0.3, -0.25) is 4.79 Å². The number of ether oxygens (including phenoxy) is 1. The number of hydrogen-bond acceptors (Lipinski definition) is 2. The van der Waals surface area contributed by atoms with Gasteiger partial charge in [0.05, 0.1) is 7.11 Å². The van der Waals surface area contributed by atoms with E-state index in [9.17, 15) is 4.79 Å². The van der Waals surface area contributed by atoms with Gasteiger partial charge in [0, 0.05) is 13.5 Å². The molecule has 0 spiro atoms. The lowest BCUT2D eigenvalue weighted by Crippen LogP contribution is -2.21. The highest BCUT2D eigenvalue weighted by atomic mass is 16.5. The Morgan fingerprint density at radius 3 is 2.95 bits per heavy atom. The van der Waals surface area contributed by atoms with Gasteiger partial charge in [-0.2, -0.15) is 0 Å². The van der Waals surface area contributed by atoms with Crippen LogP contribution in [-0.4, -0.2) is 19.6 Å². The van der Waals surface area contributed by atoms with E-state index in [0.29, 0.717) is 12.5 Å². The zero-order valence-corrected chi connectivity index (χ0v) is 11.8. The molecule has 1 unspecified atom stereocenters. The average molecular weight is 259 g/mol. The fourth-order valence-electron chi connectivity index (χ4n) is 2.59. The second-order valence-corrected chi connectivity index (χ2v) is 5.13. The van der Waals surface area contributed by atoms with Crippen molar-refractivity contribution in [3.8, 4) is 5.75 Å². The standard InChI is InChI=1S/C16H21NO2/c1-11-8-13-4-5-15(19-3)10-16(13)14(9-11)6-7-17-12(2)18/h4-5,9-11H,6-8H2,1-3H3,(H,17,18). The summed E-state index contributed by atoms with van der Waals surface area (Å²) < 4.78 is 5.30. The van der Waals surface area contributed by atoms with Crippen LogP contribution in [0.15, 0.2) is 24.3 Å². The van der Waals surface area contributed by atoms with Gasteiger partial charge in [-0.1, -0.05) is 19.1 Å². The van der Waals surface area contributed by atoms with E-state index in [1.807, 2.05) is 6.07 Å². The molecule has 1 amide bonds. The number of fused-ring (bicyclic) bond motifs is 1. The number of carbonyl (C=O) groups excluding carboxylic acids is 1. The molecule has 102 valence electrons. The molecule has 0 heterocycles. The van der Waals surface area contributed by atoms with Crippen LogP contribution in [-0.2, 0) is 11.2 Å². The Morgan fingerprint density at radius 1 is 1.47 bits per heavy atom. The normalized spacial score (nSPS) is 17.4. The number of hydrogen-bond donors (Lipinski definition) is 1. The SMILES string of the molecule is COc1ccc2c(c1)C(CCNC(C)=O)=CC(C)C2. The minimum absolute atomic E-state index is 0.0234. The molecule has 0 aromatic heterocycles. The Balaban J connectivity index is 2.20. The number of methoxy groups -OCH3 is 1. The number of amides is 1. The minimum Gasteiger partial charge on any atom is -0.497 e. The Morgan fingerprint density at radius 2 is 2.26 bits per heavy atom. The van der Waals surface area contributed by atoms with E-state index < -0.39 is 0 Å². The van der Waals surface area contributed by atoms with Crippen molar-refractivity contribution in [3.05, 3.63) is 35.4 Å². The van der Waals surface area contributed by atoms with Gasteiger partial charge in [-0.05, 0) is 47.6 Å². The smallest absolute Gasteiger partial charge is 0.216 e. The third-order valence-electron chi connectivity index (χ3n) is 3.46. The number of carbonyl (C=O) groups is 1. The minimum atomic E-state index is 0.0234. The molecule has 19 heavy (non-hydrogen) atoms. The van der Waals surface area contributed by atoms with Crippen molar-refractivity contribution < 1.29 is 9.53 Å². The van der Waals surface area contributed by atoms with E-state index in [-0.39, 0.29) is 5.91 Å². The average Bonchev–Trinajstić information content (AvgIpc) is 2.37. The lowest BCUT2D eigenvalue weighted by molar-refractivity contribution is -0.118. The van der Waals surface area contributed by atoms with Crippen LogP contribution >= 0.6 is 0 Å². The highest BCUT2D eigenvalue weighted by Crippen LogP contribution is 2.33. The molecule has 0 saturated carbocycles. The second kappa shape index (κ2) is 5.91. The fraction of sp³-hybridized carbons (Fsp3) is 0.438. The van der Waals surface area contributed by atoms with Gasteiger partial charge >= 0.3 is 0 Å². The summed E-state index contributed by atoms with van der Waals surface area (Å²) in [6.45, 7) is 4.46. The molecule has 3 heteroatoms. The highest BCUT2D eigenvalue weighted by molar-refractivity contribution is 5.74. The van der Waals surface area contributed by atoms with Crippen LogP contribution in [0.1, 0.15) is 31.4 Å². The molecule has 1 aliphatic carbocycles. The summed E-state index contributed by atoms with van der Waals surface area (Å²) in [5.74, 6) is 1.46. The largest absolute Gasteiger partial charge is 0.497 e. The molecule has 0 fully saturated rings. The van der Waals surface area contributed by atoms with E-state index in [4.69, 9.17) is 4.74 Å². The first-order chi connectivity index (χ1) is 9.10. The highest BCUT2D eigenvalue weighted by Gasteiger charge is 2.17. The Bertz CT molecular complexity index is 505. The molecular weight excluding hydrogens is 238 g/mol. The molecular formula is C16H21NO2. The number of nitrogens with one attached hydrogen (secondary N) is 1. The third kappa shape index (κ3) is 3.37. The van der Waals surface area contributed by atoms with Crippen LogP contribution in [0.2, 0.25) is 0 Å². The maximum atomic E-state index is 10.9. The van der Waals surface area contributed by atoms with Gasteiger partial charge in [0.15, 0.2) is 0 Å². The number of benzene rings is 1. The van der Waals surface area contributed by atoms with Crippen LogP contribution in [0.5, 0.6) is 5.75 Å². The Hall–Kier alpha value is -1.77. The molecule has 0 radical (unpaired) electrons. The summed E-state index contributed by atoms with van der Waals surface area (Å²) in [6.07, 6.45) is 4.25. The van der Waals surface area contributed by atoms with Crippen molar-refractivity contribution in [2.75, 3.05) is 13.7 Å². The van der Waals surface area contributed by atoms with Crippen molar-refractivity contribution in [3.63, 3.8) is 0 Å². The van der Waals surface area contributed by atoms with Gasteiger partial charge in [0.25, 0.3) is 0 Å². The number of allylic oxidation sites excluding steroid dienone is 1. The lowest BCUT2D eigenvalue weighted by atomic mass is 9.84. The summed E-state index contributed by atoms with van der Waals surface area (Å²) in [6, 6.07) is 6.26.